The number of carbonyl (C=O) groups is 1. The van der Waals surface area contributed by atoms with Crippen molar-refractivity contribution in [3.63, 3.8) is 0 Å². The van der Waals surface area contributed by atoms with Gasteiger partial charge in [-0.15, -0.1) is 11.3 Å². The summed E-state index contributed by atoms with van der Waals surface area (Å²) in [5.74, 6) is -1.26. The van der Waals surface area contributed by atoms with Crippen LogP contribution in [0.4, 0.5) is 0 Å². The lowest BCUT2D eigenvalue weighted by Gasteiger charge is -2.07. The number of carboxylic acid groups (broad SMARTS) is 1. The van der Waals surface area contributed by atoms with Gasteiger partial charge < -0.3 is 5.11 Å². The number of aromatic nitrogens is 2. The van der Waals surface area contributed by atoms with Gasteiger partial charge in [-0.25, -0.2) is 17.9 Å². The van der Waals surface area contributed by atoms with Crippen LogP contribution in [0.2, 0.25) is 0 Å². The van der Waals surface area contributed by atoms with E-state index >= 15 is 0 Å². The van der Waals surface area contributed by atoms with E-state index in [1.54, 1.807) is 19.1 Å². The molecule has 0 aliphatic heterocycles. The zero-order valence-corrected chi connectivity index (χ0v) is 12.0. The molecule has 2 heterocycles. The lowest BCUT2D eigenvalue weighted by Crippen LogP contribution is -2.25. The Morgan fingerprint density at radius 2 is 2.25 bits per heavy atom. The predicted molar refractivity (Wildman–Crippen MR) is 72.1 cm³/mol. The third-order valence-electron chi connectivity index (χ3n) is 2.45. The van der Waals surface area contributed by atoms with Gasteiger partial charge in [-0.2, -0.15) is 10.2 Å². The Bertz CT molecular complexity index is 725. The van der Waals surface area contributed by atoms with Gasteiger partial charge in [0, 0.05) is 6.20 Å². The Labute approximate surface area is 119 Å². The molecule has 0 radical (unpaired) electrons. The lowest BCUT2D eigenvalue weighted by molar-refractivity contribution is 0.0698. The molecule has 0 aliphatic rings. The molecule has 0 spiro atoms. The van der Waals surface area contributed by atoms with Gasteiger partial charge in [-0.05, 0) is 30.0 Å². The number of aryl methyl sites for hydroxylation is 1. The molecule has 0 fully saturated rings. The Morgan fingerprint density at radius 3 is 2.85 bits per heavy atom. The molecule has 0 aromatic carbocycles. The molecule has 2 N–H and O–H groups in total. The molecule has 0 unspecified atom stereocenters. The van der Waals surface area contributed by atoms with Crippen molar-refractivity contribution in [3.05, 3.63) is 39.8 Å². The minimum atomic E-state index is -3.91. The van der Waals surface area contributed by atoms with Crippen molar-refractivity contribution in [2.45, 2.75) is 18.4 Å². The van der Waals surface area contributed by atoms with E-state index in [-0.39, 0.29) is 16.3 Å². The van der Waals surface area contributed by atoms with Crippen LogP contribution < -0.4 is 4.72 Å². The maximum Gasteiger partial charge on any atom is 0.347 e. The first-order chi connectivity index (χ1) is 9.42. The van der Waals surface area contributed by atoms with Crippen LogP contribution >= 0.6 is 11.3 Å². The summed E-state index contributed by atoms with van der Waals surface area (Å²) in [4.78, 5) is 10.7. The molecule has 7 nitrogen and oxygen atoms in total. The fourth-order valence-electron chi connectivity index (χ4n) is 1.58. The molecule has 9 heteroatoms. The molecule has 106 valence electrons. The molecule has 0 saturated heterocycles. The van der Waals surface area contributed by atoms with Crippen LogP contribution in [0.3, 0.4) is 0 Å². The van der Waals surface area contributed by atoms with E-state index in [4.69, 9.17) is 5.11 Å². The number of thiophene rings is 1. The molecular weight excluding hydrogens is 302 g/mol. The van der Waals surface area contributed by atoms with Crippen molar-refractivity contribution in [1.82, 2.24) is 14.9 Å². The van der Waals surface area contributed by atoms with Gasteiger partial charge in [-0.3, -0.25) is 0 Å². The Kier molecular flexibility index (Phi) is 4.12. The normalized spacial score (nSPS) is 11.4. The van der Waals surface area contributed by atoms with E-state index in [1.807, 2.05) is 0 Å². The first-order valence-corrected chi connectivity index (χ1v) is 7.85. The minimum Gasteiger partial charge on any atom is -0.477 e. The van der Waals surface area contributed by atoms with E-state index < -0.39 is 16.0 Å². The van der Waals surface area contributed by atoms with Gasteiger partial charge in [-0.1, -0.05) is 0 Å². The third-order valence-corrected chi connectivity index (χ3v) is 5.25. The van der Waals surface area contributed by atoms with Crippen LogP contribution in [-0.4, -0.2) is 29.7 Å². The highest BCUT2D eigenvalue weighted by Gasteiger charge is 2.26. The van der Waals surface area contributed by atoms with Crippen molar-refractivity contribution in [1.29, 1.82) is 0 Å². The average molecular weight is 313 g/mol. The fraction of sp³-hybridized carbons (Fsp3) is 0.182. The number of carboxylic acids is 1. The highest BCUT2D eigenvalue weighted by atomic mass is 32.2. The molecule has 0 amide bonds. The van der Waals surface area contributed by atoms with Crippen LogP contribution in [0.5, 0.6) is 0 Å². The molecule has 20 heavy (non-hydrogen) atoms. The standard InChI is InChI=1S/C11H11N3O4S2/c1-7-6-19-9(11(15)16)10(7)20(17,18)13-5-8-3-2-4-12-14-8/h2-4,6,13H,5H2,1H3,(H,15,16). The minimum absolute atomic E-state index is 0.0511. The van der Waals surface area contributed by atoms with Crippen molar-refractivity contribution in [2.75, 3.05) is 0 Å². The number of sulfonamides is 1. The van der Waals surface area contributed by atoms with Gasteiger partial charge in [0.2, 0.25) is 10.0 Å². The van der Waals surface area contributed by atoms with Crippen molar-refractivity contribution >= 4 is 27.3 Å². The quantitative estimate of drug-likeness (QED) is 0.853. The van der Waals surface area contributed by atoms with Crippen LogP contribution in [0.15, 0.2) is 28.6 Å². The summed E-state index contributed by atoms with van der Waals surface area (Å²) in [5, 5.41) is 17.9. The molecule has 2 rings (SSSR count). The first kappa shape index (κ1) is 14.6. The largest absolute Gasteiger partial charge is 0.477 e. The van der Waals surface area contributed by atoms with Crippen molar-refractivity contribution < 1.29 is 18.3 Å². The second-order valence-corrected chi connectivity index (χ2v) is 6.51. The lowest BCUT2D eigenvalue weighted by atomic mass is 10.3. The SMILES string of the molecule is Cc1csc(C(=O)O)c1S(=O)(=O)NCc1cccnn1. The molecule has 0 atom stereocenters. The summed E-state index contributed by atoms with van der Waals surface area (Å²) in [6.07, 6.45) is 1.48. The summed E-state index contributed by atoms with van der Waals surface area (Å²) in [6.45, 7) is 1.50. The molecule has 2 aromatic heterocycles. The average Bonchev–Trinajstić information content (AvgIpc) is 2.81. The second-order valence-electron chi connectivity index (χ2n) is 3.92. The number of hydrogen-bond acceptors (Lipinski definition) is 6. The third kappa shape index (κ3) is 3.00. The zero-order chi connectivity index (χ0) is 14.8. The Balaban J connectivity index is 2.27. The van der Waals surface area contributed by atoms with E-state index in [0.29, 0.717) is 11.3 Å². The van der Waals surface area contributed by atoms with E-state index in [2.05, 4.69) is 14.9 Å². The van der Waals surface area contributed by atoms with Gasteiger partial charge in [0.05, 0.1) is 12.2 Å². The number of nitrogens with zero attached hydrogens (tertiary/aromatic N) is 2. The summed E-state index contributed by atoms with van der Waals surface area (Å²) in [5.41, 5.74) is 0.847. The maximum atomic E-state index is 12.2. The summed E-state index contributed by atoms with van der Waals surface area (Å²) >= 11 is 0.886. The van der Waals surface area contributed by atoms with E-state index in [9.17, 15) is 13.2 Å². The van der Waals surface area contributed by atoms with Gasteiger partial charge in [0.25, 0.3) is 0 Å². The topological polar surface area (TPSA) is 109 Å². The highest BCUT2D eigenvalue weighted by Crippen LogP contribution is 2.26. The Morgan fingerprint density at radius 1 is 1.50 bits per heavy atom. The summed E-state index contributed by atoms with van der Waals surface area (Å²) in [7, 11) is -3.91. The molecule has 0 bridgehead atoms. The molecular formula is C11H11N3O4S2. The number of hydrogen-bond donors (Lipinski definition) is 2. The molecule has 2 aromatic rings. The predicted octanol–water partition coefficient (Wildman–Crippen LogP) is 1.02. The van der Waals surface area contributed by atoms with Crippen molar-refractivity contribution in [2.24, 2.45) is 0 Å². The number of nitrogens with one attached hydrogen (secondary N) is 1. The first-order valence-electron chi connectivity index (χ1n) is 5.49. The Hall–Kier alpha value is -1.84. The molecule has 0 aliphatic carbocycles. The van der Waals surface area contributed by atoms with Crippen LogP contribution in [-0.2, 0) is 16.6 Å². The van der Waals surface area contributed by atoms with Gasteiger partial charge in [0.1, 0.15) is 9.77 Å². The highest BCUT2D eigenvalue weighted by molar-refractivity contribution is 7.89. The van der Waals surface area contributed by atoms with Crippen LogP contribution in [0, 0.1) is 6.92 Å². The van der Waals surface area contributed by atoms with Gasteiger partial charge in [0.15, 0.2) is 0 Å². The second kappa shape index (κ2) is 5.65. The number of aromatic carboxylic acids is 1. The van der Waals surface area contributed by atoms with E-state index in [1.165, 1.54) is 11.6 Å². The smallest absolute Gasteiger partial charge is 0.347 e. The summed E-state index contributed by atoms with van der Waals surface area (Å²) in [6, 6.07) is 3.25. The van der Waals surface area contributed by atoms with Crippen LogP contribution in [0.1, 0.15) is 20.9 Å². The molecule has 0 saturated carbocycles. The van der Waals surface area contributed by atoms with Crippen LogP contribution in [0.25, 0.3) is 0 Å². The monoisotopic (exact) mass is 313 g/mol. The van der Waals surface area contributed by atoms with E-state index in [0.717, 1.165) is 11.3 Å². The van der Waals surface area contributed by atoms with Gasteiger partial charge >= 0.3 is 5.97 Å². The maximum absolute atomic E-state index is 12.2. The zero-order valence-electron chi connectivity index (χ0n) is 10.4. The fourth-order valence-corrected chi connectivity index (χ4v) is 4.21. The number of rotatable bonds is 5. The summed E-state index contributed by atoms with van der Waals surface area (Å²) < 4.78 is 26.7. The van der Waals surface area contributed by atoms with Crippen molar-refractivity contribution in [3.8, 4) is 0 Å².